The maximum atomic E-state index is 12.1. The number of hydrogen-bond acceptors (Lipinski definition) is 3. The van der Waals surface area contributed by atoms with Crippen LogP contribution in [-0.4, -0.2) is 41.3 Å². The summed E-state index contributed by atoms with van der Waals surface area (Å²) in [6, 6.07) is 9.37. The van der Waals surface area contributed by atoms with Gasteiger partial charge >= 0.3 is 0 Å². The predicted octanol–water partition coefficient (Wildman–Crippen LogP) is 2.76. The molecule has 0 aliphatic carbocycles. The molecule has 2 rings (SSSR count). The molecule has 0 radical (unpaired) electrons. The highest BCUT2D eigenvalue weighted by Crippen LogP contribution is 2.12. The topological polar surface area (TPSA) is 49.4 Å². The molecule has 0 saturated carbocycles. The van der Waals surface area contributed by atoms with E-state index >= 15 is 0 Å². The molecule has 1 heterocycles. The smallest absolute Gasteiger partial charge is 0.234 e. The molecule has 1 saturated heterocycles. The van der Waals surface area contributed by atoms with Crippen LogP contribution in [0.25, 0.3) is 0 Å². The number of carbonyl (C=O) groups is 2. The normalized spacial score (nSPS) is 15.3. The third-order valence-electron chi connectivity index (χ3n) is 3.48. The first-order valence-electron chi connectivity index (χ1n) is 7.46. The van der Waals surface area contributed by atoms with Crippen molar-refractivity contribution in [2.45, 2.75) is 25.7 Å². The van der Waals surface area contributed by atoms with E-state index in [0.717, 1.165) is 31.6 Å². The molecule has 0 bridgehead atoms. The molecule has 1 aliphatic heterocycles. The van der Waals surface area contributed by atoms with Crippen molar-refractivity contribution < 1.29 is 9.59 Å². The van der Waals surface area contributed by atoms with E-state index in [2.05, 4.69) is 5.32 Å². The number of carbonyl (C=O) groups excluding carboxylic acids is 2. The number of nitrogens with one attached hydrogen (secondary N) is 1. The zero-order valence-corrected chi connectivity index (χ0v) is 13.0. The molecule has 1 fully saturated rings. The molecule has 5 heteroatoms. The minimum Gasteiger partial charge on any atom is -0.342 e. The van der Waals surface area contributed by atoms with Crippen LogP contribution in [0.3, 0.4) is 0 Å². The number of thioether (sulfide) groups is 1. The maximum Gasteiger partial charge on any atom is 0.234 e. The lowest BCUT2D eigenvalue weighted by Gasteiger charge is -2.19. The average molecular weight is 306 g/mol. The molecule has 114 valence electrons. The Morgan fingerprint density at radius 3 is 2.33 bits per heavy atom. The van der Waals surface area contributed by atoms with E-state index in [0.29, 0.717) is 11.5 Å². The third kappa shape index (κ3) is 5.79. The van der Waals surface area contributed by atoms with Crippen molar-refractivity contribution in [3.05, 3.63) is 30.3 Å². The van der Waals surface area contributed by atoms with E-state index in [1.165, 1.54) is 24.6 Å². The highest BCUT2D eigenvalue weighted by molar-refractivity contribution is 8.00. The molecule has 1 aliphatic rings. The van der Waals surface area contributed by atoms with Crippen molar-refractivity contribution in [2.24, 2.45) is 0 Å². The summed E-state index contributed by atoms with van der Waals surface area (Å²) in [4.78, 5) is 25.8. The SMILES string of the molecule is O=C(CSCC(=O)N1CCCCCC1)Nc1ccccc1. The van der Waals surface area contributed by atoms with Crippen LogP contribution in [0, 0.1) is 0 Å². The first-order valence-corrected chi connectivity index (χ1v) is 8.61. The first-order chi connectivity index (χ1) is 10.3. The fourth-order valence-electron chi connectivity index (χ4n) is 2.36. The number of amides is 2. The molecule has 4 nitrogen and oxygen atoms in total. The minimum absolute atomic E-state index is 0.0603. The van der Waals surface area contributed by atoms with Gasteiger partial charge in [-0.25, -0.2) is 0 Å². The van der Waals surface area contributed by atoms with Crippen LogP contribution in [0.2, 0.25) is 0 Å². The van der Waals surface area contributed by atoms with Gasteiger partial charge in [0.05, 0.1) is 11.5 Å². The van der Waals surface area contributed by atoms with Gasteiger partial charge in [0.25, 0.3) is 0 Å². The lowest BCUT2D eigenvalue weighted by atomic mass is 10.2. The van der Waals surface area contributed by atoms with E-state index in [-0.39, 0.29) is 11.8 Å². The molecular weight excluding hydrogens is 284 g/mol. The zero-order chi connectivity index (χ0) is 14.9. The van der Waals surface area contributed by atoms with Crippen molar-refractivity contribution in [2.75, 3.05) is 29.9 Å². The Morgan fingerprint density at radius 1 is 1.00 bits per heavy atom. The summed E-state index contributed by atoms with van der Waals surface area (Å²) in [5, 5.41) is 2.82. The Kier molecular flexibility index (Phi) is 6.60. The van der Waals surface area contributed by atoms with Gasteiger partial charge in [-0.2, -0.15) is 0 Å². The number of hydrogen-bond donors (Lipinski definition) is 1. The lowest BCUT2D eigenvalue weighted by molar-refractivity contribution is -0.128. The quantitative estimate of drug-likeness (QED) is 0.910. The Bertz CT molecular complexity index is 457. The fourth-order valence-corrected chi connectivity index (χ4v) is 3.08. The second kappa shape index (κ2) is 8.72. The predicted molar refractivity (Wildman–Crippen MR) is 87.4 cm³/mol. The Balaban J connectivity index is 1.66. The van der Waals surface area contributed by atoms with Crippen molar-refractivity contribution >= 4 is 29.3 Å². The first kappa shape index (κ1) is 15.9. The van der Waals surface area contributed by atoms with Gasteiger partial charge in [0.2, 0.25) is 11.8 Å². The second-order valence-electron chi connectivity index (χ2n) is 5.20. The van der Waals surface area contributed by atoms with Crippen LogP contribution >= 0.6 is 11.8 Å². The van der Waals surface area contributed by atoms with Gasteiger partial charge in [-0.05, 0) is 25.0 Å². The van der Waals surface area contributed by atoms with Crippen LogP contribution in [-0.2, 0) is 9.59 Å². The van der Waals surface area contributed by atoms with Crippen LogP contribution in [0.4, 0.5) is 5.69 Å². The number of likely N-dealkylation sites (tertiary alicyclic amines) is 1. The number of rotatable bonds is 5. The Hall–Kier alpha value is -1.49. The summed E-state index contributed by atoms with van der Waals surface area (Å²) in [7, 11) is 0. The van der Waals surface area contributed by atoms with Crippen LogP contribution < -0.4 is 5.32 Å². The van der Waals surface area contributed by atoms with E-state index in [4.69, 9.17) is 0 Å². The van der Waals surface area contributed by atoms with Gasteiger partial charge in [-0.1, -0.05) is 31.0 Å². The zero-order valence-electron chi connectivity index (χ0n) is 12.2. The monoisotopic (exact) mass is 306 g/mol. The van der Waals surface area contributed by atoms with E-state index in [1.807, 2.05) is 35.2 Å². The largest absolute Gasteiger partial charge is 0.342 e. The number of benzene rings is 1. The molecular formula is C16H22N2O2S. The van der Waals surface area contributed by atoms with Gasteiger partial charge < -0.3 is 10.2 Å². The van der Waals surface area contributed by atoms with Gasteiger partial charge in [-0.15, -0.1) is 11.8 Å². The van der Waals surface area contributed by atoms with Gasteiger partial charge in [0, 0.05) is 18.8 Å². The highest BCUT2D eigenvalue weighted by atomic mass is 32.2. The van der Waals surface area contributed by atoms with Crippen LogP contribution in [0.5, 0.6) is 0 Å². The Morgan fingerprint density at radius 2 is 1.67 bits per heavy atom. The molecule has 2 amide bonds. The summed E-state index contributed by atoms with van der Waals surface area (Å²) in [5.41, 5.74) is 0.793. The van der Waals surface area contributed by atoms with Crippen LogP contribution in [0.1, 0.15) is 25.7 Å². The van der Waals surface area contributed by atoms with E-state index < -0.39 is 0 Å². The van der Waals surface area contributed by atoms with Gasteiger partial charge in [0.15, 0.2) is 0 Å². The van der Waals surface area contributed by atoms with Crippen molar-refractivity contribution in [3.63, 3.8) is 0 Å². The second-order valence-corrected chi connectivity index (χ2v) is 6.19. The molecule has 21 heavy (non-hydrogen) atoms. The summed E-state index contributed by atoms with van der Waals surface area (Å²) in [6.45, 7) is 1.74. The van der Waals surface area contributed by atoms with Crippen molar-refractivity contribution in [1.82, 2.24) is 4.90 Å². The van der Waals surface area contributed by atoms with Gasteiger partial charge in [0.1, 0.15) is 0 Å². The highest BCUT2D eigenvalue weighted by Gasteiger charge is 2.15. The lowest BCUT2D eigenvalue weighted by Crippen LogP contribution is -2.33. The molecule has 0 aromatic heterocycles. The van der Waals surface area contributed by atoms with Crippen molar-refractivity contribution in [1.29, 1.82) is 0 Å². The molecule has 1 aromatic carbocycles. The Labute approximate surface area is 130 Å². The summed E-state index contributed by atoms with van der Waals surface area (Å²) >= 11 is 1.39. The molecule has 0 unspecified atom stereocenters. The molecule has 1 N–H and O–H groups in total. The summed E-state index contributed by atoms with van der Waals surface area (Å²) < 4.78 is 0. The van der Waals surface area contributed by atoms with E-state index in [9.17, 15) is 9.59 Å². The fraction of sp³-hybridized carbons (Fsp3) is 0.500. The molecule has 1 aromatic rings. The number of para-hydroxylation sites is 1. The standard InChI is InChI=1S/C16H22N2O2S/c19-15(17-14-8-4-3-5-9-14)12-21-13-16(20)18-10-6-1-2-7-11-18/h3-5,8-9H,1-2,6-7,10-13H2,(H,17,19). The summed E-state index contributed by atoms with van der Waals surface area (Å²) in [5.74, 6) is 0.806. The molecule has 0 spiro atoms. The molecule has 0 atom stereocenters. The average Bonchev–Trinajstić information content (AvgIpc) is 2.77. The van der Waals surface area contributed by atoms with Crippen molar-refractivity contribution in [3.8, 4) is 0 Å². The minimum atomic E-state index is -0.0603. The van der Waals surface area contributed by atoms with Crippen LogP contribution in [0.15, 0.2) is 30.3 Å². The summed E-state index contributed by atoms with van der Waals surface area (Å²) in [6.07, 6.45) is 4.64. The number of anilines is 1. The third-order valence-corrected chi connectivity index (χ3v) is 4.39. The van der Waals surface area contributed by atoms with E-state index in [1.54, 1.807) is 0 Å². The maximum absolute atomic E-state index is 12.1. The van der Waals surface area contributed by atoms with Gasteiger partial charge in [-0.3, -0.25) is 9.59 Å². The number of nitrogens with zero attached hydrogens (tertiary/aromatic N) is 1.